The molecule has 1 saturated heterocycles. The molecule has 326 valence electrons. The number of hydrogen-bond acceptors (Lipinski definition) is 13. The molecule has 0 radical (unpaired) electrons. The minimum atomic E-state index is -1.26. The highest BCUT2D eigenvalue weighted by Gasteiger charge is 2.48. The van der Waals surface area contributed by atoms with Gasteiger partial charge in [0.2, 0.25) is 11.8 Å². The van der Waals surface area contributed by atoms with Gasteiger partial charge in [0.1, 0.15) is 36.4 Å². The molecule has 0 spiro atoms. The topological polar surface area (TPSA) is 211 Å². The number of nitrogens with one attached hydrogen (secondary N) is 2. The van der Waals surface area contributed by atoms with E-state index in [1.807, 2.05) is 32.9 Å². The summed E-state index contributed by atoms with van der Waals surface area (Å²) in [5, 5.41) is 16.7. The van der Waals surface area contributed by atoms with Crippen molar-refractivity contribution in [1.82, 2.24) is 10.6 Å². The number of hydrogen-bond donors (Lipinski definition) is 2. The molecule has 2 heterocycles. The van der Waals surface area contributed by atoms with Crippen LogP contribution < -0.4 is 20.1 Å². The normalized spacial score (nSPS) is 22.5. The molecule has 0 aliphatic carbocycles. The van der Waals surface area contributed by atoms with Crippen LogP contribution in [0.2, 0.25) is 5.02 Å². The Morgan fingerprint density at radius 1 is 0.984 bits per heavy atom. The van der Waals surface area contributed by atoms with E-state index < -0.39 is 64.4 Å². The Balaban J connectivity index is 1.29. The lowest BCUT2D eigenvalue weighted by atomic mass is 9.92. The number of cyclic esters (lactones) is 2. The molecule has 0 bridgehead atoms. The third-order valence-corrected chi connectivity index (χ3v) is 10.5. The molecule has 0 aromatic heterocycles. The molecular weight excluding hydrogens is 814 g/mol. The monoisotopic (exact) mass is 863 g/mol. The zero-order chi connectivity index (χ0) is 44.4. The molecule has 3 aromatic carbocycles. The first-order chi connectivity index (χ1) is 28.9. The number of halogens is 1. The number of nitrogens with zero attached hydrogens (tertiary/aromatic N) is 1. The number of carbonyl (C=O) groups is 5. The molecule has 0 unspecified atom stereocenters. The summed E-state index contributed by atoms with van der Waals surface area (Å²) in [4.78, 5) is 76.7. The maximum atomic E-state index is 13.8. The zero-order valence-electron chi connectivity index (χ0n) is 34.7. The Labute approximate surface area is 358 Å². The van der Waals surface area contributed by atoms with E-state index in [0.717, 1.165) is 5.56 Å². The van der Waals surface area contributed by atoms with E-state index in [2.05, 4.69) is 10.6 Å². The van der Waals surface area contributed by atoms with Crippen molar-refractivity contribution in [1.29, 1.82) is 0 Å². The van der Waals surface area contributed by atoms with E-state index in [1.165, 1.54) is 37.5 Å². The average Bonchev–Trinajstić information content (AvgIpc) is 4.02. The number of rotatable bonds is 12. The van der Waals surface area contributed by atoms with Crippen molar-refractivity contribution in [2.24, 2.45) is 17.3 Å². The summed E-state index contributed by atoms with van der Waals surface area (Å²) in [5.41, 5.74) is 0.728. The first kappa shape index (κ1) is 46.1. The minimum absolute atomic E-state index is 0.0457. The fourth-order valence-electron chi connectivity index (χ4n) is 6.53. The SMILES string of the molecule is COc1ccc(C[C@H]2NC(=O)C=CC[C@@H]([C@H](C)[C@@H]3O[C@H]3c3ccc(COC(=O)Oc4ccc([N+](=O)[O-])cc4)cc3)OC(=O)[C@H](CC(C)C)OC(=O)C(C)(C)CNC2=O)cc1Cl. The third-order valence-electron chi connectivity index (χ3n) is 10.2. The molecule has 17 heteroatoms. The average molecular weight is 864 g/mol. The molecule has 1 fully saturated rings. The summed E-state index contributed by atoms with van der Waals surface area (Å²) in [5.74, 6) is -2.46. The second-order valence-corrected chi connectivity index (χ2v) is 16.4. The van der Waals surface area contributed by atoms with Crippen LogP contribution in [0.3, 0.4) is 0 Å². The summed E-state index contributed by atoms with van der Waals surface area (Å²) in [6.07, 6.45) is -0.574. The van der Waals surface area contributed by atoms with E-state index in [4.69, 9.17) is 40.0 Å². The van der Waals surface area contributed by atoms with Crippen molar-refractivity contribution < 1.29 is 57.3 Å². The number of esters is 2. The fraction of sp³-hybridized carbons (Fsp3) is 0.432. The Bertz CT molecular complexity index is 2110. The molecule has 3 aromatic rings. The fourth-order valence-corrected chi connectivity index (χ4v) is 6.81. The van der Waals surface area contributed by atoms with Crippen LogP contribution in [0.4, 0.5) is 10.5 Å². The minimum Gasteiger partial charge on any atom is -0.495 e. The highest BCUT2D eigenvalue weighted by Crippen LogP contribution is 2.45. The van der Waals surface area contributed by atoms with Gasteiger partial charge >= 0.3 is 18.1 Å². The number of nitro benzene ring substituents is 1. The summed E-state index contributed by atoms with van der Waals surface area (Å²) in [7, 11) is 1.49. The lowest BCUT2D eigenvalue weighted by Gasteiger charge is -2.29. The maximum absolute atomic E-state index is 13.8. The van der Waals surface area contributed by atoms with Crippen molar-refractivity contribution in [3.05, 3.63) is 111 Å². The number of benzene rings is 3. The van der Waals surface area contributed by atoms with Crippen LogP contribution in [0.5, 0.6) is 11.5 Å². The molecule has 16 nitrogen and oxygen atoms in total. The van der Waals surface area contributed by atoms with Crippen LogP contribution in [0.1, 0.15) is 70.3 Å². The highest BCUT2D eigenvalue weighted by atomic mass is 35.5. The Morgan fingerprint density at radius 2 is 1.67 bits per heavy atom. The van der Waals surface area contributed by atoms with Crippen LogP contribution >= 0.6 is 11.6 Å². The molecule has 2 aliphatic heterocycles. The molecular formula is C44H50ClN3O13. The summed E-state index contributed by atoms with van der Waals surface area (Å²) >= 11 is 6.34. The van der Waals surface area contributed by atoms with Gasteiger partial charge in [-0.2, -0.15) is 0 Å². The second-order valence-electron chi connectivity index (χ2n) is 16.0. The van der Waals surface area contributed by atoms with E-state index in [-0.39, 0.29) is 62.0 Å². The molecule has 2 N–H and O–H groups in total. The number of carbonyl (C=O) groups excluding carboxylic acids is 5. The van der Waals surface area contributed by atoms with E-state index >= 15 is 0 Å². The Hall–Kier alpha value is -6.00. The summed E-state index contributed by atoms with van der Waals surface area (Å²) in [6, 6.07) is 16.2. The van der Waals surface area contributed by atoms with Gasteiger partial charge in [-0.05, 0) is 73.2 Å². The van der Waals surface area contributed by atoms with Crippen molar-refractivity contribution in [2.75, 3.05) is 13.7 Å². The van der Waals surface area contributed by atoms with Crippen molar-refractivity contribution >= 4 is 47.2 Å². The molecule has 2 amide bonds. The predicted octanol–water partition coefficient (Wildman–Crippen LogP) is 6.75. The molecule has 2 aliphatic rings. The van der Waals surface area contributed by atoms with Crippen molar-refractivity contribution in [2.45, 2.75) is 90.9 Å². The van der Waals surface area contributed by atoms with Gasteiger partial charge < -0.3 is 39.1 Å². The van der Waals surface area contributed by atoms with Gasteiger partial charge in [-0.1, -0.05) is 68.8 Å². The van der Waals surface area contributed by atoms with Gasteiger partial charge in [-0.25, -0.2) is 9.59 Å². The first-order valence-corrected chi connectivity index (χ1v) is 20.1. The van der Waals surface area contributed by atoms with Gasteiger partial charge in [0.25, 0.3) is 5.69 Å². The Morgan fingerprint density at radius 3 is 2.31 bits per heavy atom. The van der Waals surface area contributed by atoms with E-state index in [1.54, 1.807) is 50.3 Å². The second kappa shape index (κ2) is 20.5. The van der Waals surface area contributed by atoms with Gasteiger partial charge in [0.05, 0.1) is 28.6 Å². The maximum Gasteiger partial charge on any atom is 0.514 e. The van der Waals surface area contributed by atoms with E-state index in [9.17, 15) is 34.1 Å². The quantitative estimate of drug-likeness (QED) is 0.0483. The van der Waals surface area contributed by atoms with Crippen molar-refractivity contribution in [3.63, 3.8) is 0 Å². The van der Waals surface area contributed by atoms with Crippen LogP contribution in [0.15, 0.2) is 78.9 Å². The van der Waals surface area contributed by atoms with Crippen molar-refractivity contribution in [3.8, 4) is 11.5 Å². The molecule has 0 saturated carbocycles. The van der Waals surface area contributed by atoms with Gasteiger partial charge in [0.15, 0.2) is 6.10 Å². The number of methoxy groups -OCH3 is 1. The van der Waals surface area contributed by atoms with Gasteiger partial charge in [0, 0.05) is 37.4 Å². The van der Waals surface area contributed by atoms with Gasteiger partial charge in [-0.3, -0.25) is 24.5 Å². The van der Waals surface area contributed by atoms with E-state index in [0.29, 0.717) is 21.9 Å². The molecule has 6 atom stereocenters. The lowest BCUT2D eigenvalue weighted by molar-refractivity contribution is -0.384. The molecule has 61 heavy (non-hydrogen) atoms. The standard InChI is InChI=1S/C44H50ClN3O13/c1-25(2)20-36-41(51)59-34(26(3)38-39(61-38)29-13-10-27(11-14-29)23-57-43(53)58-31-17-15-30(16-18-31)48(54)55)8-7-9-37(49)47-33(22-28-12-19-35(56-6)32(45)21-28)40(50)46-24-44(4,5)42(52)60-36/h7,9-19,21,25-26,33-34,36,38-39H,8,20,22-24H2,1-6H3,(H,46,50)(H,47,49)/t26-,33+,34-,36-,38-,39-/m0/s1. The van der Waals surface area contributed by atoms with Crippen LogP contribution in [0.25, 0.3) is 0 Å². The summed E-state index contributed by atoms with van der Waals surface area (Å²) < 4.78 is 33.5. The van der Waals surface area contributed by atoms with Gasteiger partial charge in [-0.15, -0.1) is 0 Å². The highest BCUT2D eigenvalue weighted by molar-refractivity contribution is 6.32. The smallest absolute Gasteiger partial charge is 0.495 e. The lowest BCUT2D eigenvalue weighted by Crippen LogP contribution is -2.51. The van der Waals surface area contributed by atoms with Crippen LogP contribution in [0, 0.1) is 27.4 Å². The largest absolute Gasteiger partial charge is 0.514 e. The number of epoxide rings is 1. The number of nitro groups is 1. The van der Waals surface area contributed by atoms with Crippen LogP contribution in [-0.4, -0.2) is 72.8 Å². The summed E-state index contributed by atoms with van der Waals surface area (Å²) in [6.45, 7) is 8.56. The third kappa shape index (κ3) is 13.0. The Kier molecular flexibility index (Phi) is 15.5. The number of non-ortho nitro benzene ring substituents is 1. The predicted molar refractivity (Wildman–Crippen MR) is 221 cm³/mol. The first-order valence-electron chi connectivity index (χ1n) is 19.8. The number of amides is 2. The zero-order valence-corrected chi connectivity index (χ0v) is 35.5. The number of ether oxygens (including phenoxy) is 6. The molecule has 5 rings (SSSR count). The van der Waals surface area contributed by atoms with Crippen LogP contribution in [-0.2, 0) is 51.2 Å².